The van der Waals surface area contributed by atoms with E-state index in [2.05, 4.69) is 0 Å². The van der Waals surface area contributed by atoms with Crippen LogP contribution in [-0.4, -0.2) is 22.2 Å². The van der Waals surface area contributed by atoms with Gasteiger partial charge >= 0.3 is 11.9 Å². The van der Waals surface area contributed by atoms with E-state index >= 15 is 0 Å². The Bertz CT molecular complexity index is 220. The zero-order valence-electron chi connectivity index (χ0n) is 7.14. The van der Waals surface area contributed by atoms with Gasteiger partial charge in [0.05, 0.1) is 12.8 Å². The van der Waals surface area contributed by atoms with Gasteiger partial charge < -0.3 is 10.2 Å². The smallest absolute Gasteiger partial charge is 0.303 e. The third-order valence-electron chi connectivity index (χ3n) is 2.13. The monoisotopic (exact) mass is 184 g/mol. The number of aliphatic carboxylic acids is 2. The maximum Gasteiger partial charge on any atom is 0.303 e. The van der Waals surface area contributed by atoms with Gasteiger partial charge in [-0.2, -0.15) is 0 Å². The Morgan fingerprint density at radius 1 is 1.08 bits per heavy atom. The van der Waals surface area contributed by atoms with Crippen LogP contribution in [-0.2, 0) is 9.59 Å². The van der Waals surface area contributed by atoms with Gasteiger partial charge in [0.15, 0.2) is 0 Å². The third kappa shape index (κ3) is 3.27. The molecule has 1 aliphatic carbocycles. The Kier molecular flexibility index (Phi) is 3.06. The van der Waals surface area contributed by atoms with Gasteiger partial charge in [-0.15, -0.1) is 0 Å². The second-order valence-electron chi connectivity index (χ2n) is 3.34. The summed E-state index contributed by atoms with van der Waals surface area (Å²) >= 11 is 0. The van der Waals surface area contributed by atoms with E-state index in [-0.39, 0.29) is 24.7 Å². The fourth-order valence-corrected chi connectivity index (χ4v) is 1.61. The summed E-state index contributed by atoms with van der Waals surface area (Å²) in [5.41, 5.74) is 0. The molecule has 1 aliphatic rings. The Labute approximate surface area is 75.9 Å². The molecule has 4 nitrogen and oxygen atoms in total. The van der Waals surface area contributed by atoms with Crippen LogP contribution in [0.25, 0.3) is 0 Å². The normalized spacial score (nSPS) is 26.2. The number of rotatable bonds is 4. The molecule has 0 aromatic heterocycles. The first-order valence-electron chi connectivity index (χ1n) is 4.20. The molecule has 0 aliphatic heterocycles. The summed E-state index contributed by atoms with van der Waals surface area (Å²) in [6.07, 6.45) is 4.47. The van der Waals surface area contributed by atoms with Gasteiger partial charge in [-0.3, -0.25) is 9.59 Å². The molecule has 4 heteroatoms. The van der Waals surface area contributed by atoms with Gasteiger partial charge in [-0.25, -0.2) is 0 Å². The van der Waals surface area contributed by atoms with E-state index in [1.54, 1.807) is 0 Å². The first-order chi connectivity index (χ1) is 6.08. The molecule has 0 aromatic rings. The number of hydrogen-bond acceptors (Lipinski definition) is 2. The number of carboxylic acids is 2. The second-order valence-corrected chi connectivity index (χ2v) is 3.34. The van der Waals surface area contributed by atoms with Gasteiger partial charge in [0, 0.05) is 0 Å². The van der Waals surface area contributed by atoms with E-state index < -0.39 is 11.9 Å². The van der Waals surface area contributed by atoms with E-state index in [0.29, 0.717) is 6.42 Å². The number of hydrogen-bond donors (Lipinski definition) is 2. The standard InChI is InChI=1S/C9H12O4/c10-8(11)4-6-1-2-7(3-6)5-9(12)13/h1-2,6-7H,3-5H2,(H,10,11)(H,12,13)/t6-,7-/m1/s1. The predicted octanol–water partition coefficient (Wildman–Crippen LogP) is 1.13. The van der Waals surface area contributed by atoms with Gasteiger partial charge in [0.25, 0.3) is 0 Å². The fraction of sp³-hybridized carbons (Fsp3) is 0.556. The summed E-state index contributed by atoms with van der Waals surface area (Å²) < 4.78 is 0. The van der Waals surface area contributed by atoms with E-state index in [1.807, 2.05) is 12.2 Å². The molecule has 2 N–H and O–H groups in total. The van der Waals surface area contributed by atoms with Crippen molar-refractivity contribution in [2.45, 2.75) is 19.3 Å². The van der Waals surface area contributed by atoms with Crippen LogP contribution in [0.5, 0.6) is 0 Å². The van der Waals surface area contributed by atoms with E-state index in [0.717, 1.165) is 0 Å². The molecule has 0 spiro atoms. The van der Waals surface area contributed by atoms with Crippen LogP contribution in [0.2, 0.25) is 0 Å². The van der Waals surface area contributed by atoms with Crippen molar-refractivity contribution in [2.75, 3.05) is 0 Å². The molecule has 2 atom stereocenters. The summed E-state index contributed by atoms with van der Waals surface area (Å²) in [4.78, 5) is 20.7. The first-order valence-corrected chi connectivity index (χ1v) is 4.20. The third-order valence-corrected chi connectivity index (χ3v) is 2.13. The molecular weight excluding hydrogens is 172 g/mol. The minimum absolute atomic E-state index is 0.0156. The molecule has 0 radical (unpaired) electrons. The highest BCUT2D eigenvalue weighted by Gasteiger charge is 2.22. The first kappa shape index (κ1) is 9.77. The van der Waals surface area contributed by atoms with Gasteiger partial charge in [0.2, 0.25) is 0 Å². The van der Waals surface area contributed by atoms with Crippen molar-refractivity contribution in [3.63, 3.8) is 0 Å². The number of allylic oxidation sites excluding steroid dienone is 2. The van der Waals surface area contributed by atoms with Crippen LogP contribution in [0.3, 0.4) is 0 Å². The lowest BCUT2D eigenvalue weighted by molar-refractivity contribution is -0.138. The summed E-state index contributed by atoms with van der Waals surface area (Å²) in [5, 5.41) is 17.0. The summed E-state index contributed by atoms with van der Waals surface area (Å²) in [7, 11) is 0. The van der Waals surface area contributed by atoms with Crippen molar-refractivity contribution in [2.24, 2.45) is 11.8 Å². The van der Waals surface area contributed by atoms with E-state index in [4.69, 9.17) is 10.2 Å². The number of carboxylic acid groups (broad SMARTS) is 2. The highest BCUT2D eigenvalue weighted by atomic mass is 16.4. The molecule has 0 bridgehead atoms. The zero-order valence-corrected chi connectivity index (χ0v) is 7.14. The fourth-order valence-electron chi connectivity index (χ4n) is 1.61. The van der Waals surface area contributed by atoms with Crippen molar-refractivity contribution < 1.29 is 19.8 Å². The maximum absolute atomic E-state index is 10.3. The molecular formula is C9H12O4. The molecule has 0 saturated carbocycles. The predicted molar refractivity (Wildman–Crippen MR) is 45.2 cm³/mol. The average Bonchev–Trinajstić information content (AvgIpc) is 2.33. The van der Waals surface area contributed by atoms with Gasteiger partial charge in [-0.05, 0) is 18.3 Å². The topological polar surface area (TPSA) is 74.6 Å². The quantitative estimate of drug-likeness (QED) is 0.642. The largest absolute Gasteiger partial charge is 0.481 e. The molecule has 1 rings (SSSR count). The average molecular weight is 184 g/mol. The second kappa shape index (κ2) is 4.07. The molecule has 13 heavy (non-hydrogen) atoms. The van der Waals surface area contributed by atoms with Crippen LogP contribution in [0, 0.1) is 11.8 Å². The van der Waals surface area contributed by atoms with Crippen molar-refractivity contribution in [1.29, 1.82) is 0 Å². The molecule has 0 amide bonds. The highest BCUT2D eigenvalue weighted by Crippen LogP contribution is 2.28. The summed E-state index contributed by atoms with van der Waals surface area (Å²) in [6.45, 7) is 0. The van der Waals surface area contributed by atoms with E-state index in [1.165, 1.54) is 0 Å². The molecule has 0 saturated heterocycles. The summed E-state index contributed by atoms with van der Waals surface area (Å²) in [5.74, 6) is -1.63. The lowest BCUT2D eigenvalue weighted by Gasteiger charge is -2.07. The van der Waals surface area contributed by atoms with Gasteiger partial charge in [-0.1, -0.05) is 12.2 Å². The van der Waals surface area contributed by atoms with Crippen LogP contribution < -0.4 is 0 Å². The maximum atomic E-state index is 10.3. The van der Waals surface area contributed by atoms with Crippen LogP contribution in [0.15, 0.2) is 12.2 Å². The van der Waals surface area contributed by atoms with Crippen molar-refractivity contribution in [3.05, 3.63) is 12.2 Å². The van der Waals surface area contributed by atoms with Crippen molar-refractivity contribution in [1.82, 2.24) is 0 Å². The zero-order chi connectivity index (χ0) is 9.84. The minimum Gasteiger partial charge on any atom is -0.481 e. The Balaban J connectivity index is 2.33. The van der Waals surface area contributed by atoms with E-state index in [9.17, 15) is 9.59 Å². The Morgan fingerprint density at radius 3 is 1.77 bits per heavy atom. The number of carbonyl (C=O) groups is 2. The Morgan fingerprint density at radius 2 is 1.46 bits per heavy atom. The van der Waals surface area contributed by atoms with Gasteiger partial charge in [0.1, 0.15) is 0 Å². The molecule has 0 unspecified atom stereocenters. The molecule has 72 valence electrons. The lowest BCUT2D eigenvalue weighted by atomic mass is 9.98. The van der Waals surface area contributed by atoms with Crippen LogP contribution in [0.4, 0.5) is 0 Å². The summed E-state index contributed by atoms with van der Waals surface area (Å²) in [6, 6.07) is 0. The Hall–Kier alpha value is -1.32. The molecule has 0 aromatic carbocycles. The SMILES string of the molecule is O=C(O)C[C@@H]1C=C[C@@H](CC(=O)O)C1. The van der Waals surface area contributed by atoms with Crippen molar-refractivity contribution >= 4 is 11.9 Å². The van der Waals surface area contributed by atoms with Crippen LogP contribution in [0.1, 0.15) is 19.3 Å². The minimum atomic E-state index is -0.828. The molecule has 0 heterocycles. The van der Waals surface area contributed by atoms with Crippen LogP contribution >= 0.6 is 0 Å². The lowest BCUT2D eigenvalue weighted by Crippen LogP contribution is -2.07. The molecule has 0 fully saturated rings. The highest BCUT2D eigenvalue weighted by molar-refractivity contribution is 5.68. The van der Waals surface area contributed by atoms with Crippen molar-refractivity contribution in [3.8, 4) is 0 Å².